The van der Waals surface area contributed by atoms with E-state index in [1.807, 2.05) is 4.68 Å². The van der Waals surface area contributed by atoms with E-state index in [0.29, 0.717) is 11.4 Å². The minimum Gasteiger partial charge on any atom is -0.297 e. The average molecular weight is 401 g/mol. The van der Waals surface area contributed by atoms with Gasteiger partial charge in [0.25, 0.3) is 0 Å². The van der Waals surface area contributed by atoms with Crippen molar-refractivity contribution in [3.63, 3.8) is 0 Å². The molecular formula is C19H24N6S2. The maximum absolute atomic E-state index is 5.63. The summed E-state index contributed by atoms with van der Waals surface area (Å²) in [6.45, 7) is 10.1. The predicted octanol–water partition coefficient (Wildman–Crippen LogP) is 3.25. The van der Waals surface area contributed by atoms with Crippen LogP contribution in [0.4, 0.5) is 0 Å². The van der Waals surface area contributed by atoms with Crippen molar-refractivity contribution in [3.8, 4) is 5.69 Å². The lowest BCUT2D eigenvalue weighted by Crippen LogP contribution is -2.46. The quantitative estimate of drug-likeness (QED) is 0.615. The summed E-state index contributed by atoms with van der Waals surface area (Å²) in [6, 6.07) is 8.53. The van der Waals surface area contributed by atoms with Gasteiger partial charge in [-0.05, 0) is 82.1 Å². The van der Waals surface area contributed by atoms with Crippen molar-refractivity contribution < 1.29 is 0 Å². The maximum Gasteiger partial charge on any atom is 0.221 e. The Morgan fingerprint density at radius 1 is 1.00 bits per heavy atom. The molecule has 1 aliphatic rings. The number of hydrogen-bond acceptors (Lipinski definition) is 6. The molecule has 0 atom stereocenters. The Morgan fingerprint density at radius 3 is 2.37 bits per heavy atom. The van der Waals surface area contributed by atoms with Crippen LogP contribution in [0, 0.1) is 18.6 Å². The van der Waals surface area contributed by atoms with Crippen LogP contribution in [0.2, 0.25) is 0 Å². The lowest BCUT2D eigenvalue weighted by Gasteiger charge is -2.34. The Hall–Kier alpha value is -1.87. The van der Waals surface area contributed by atoms with E-state index in [1.165, 1.54) is 16.7 Å². The van der Waals surface area contributed by atoms with E-state index < -0.39 is 0 Å². The first-order valence-corrected chi connectivity index (χ1v) is 10.5. The fourth-order valence-electron chi connectivity index (χ4n) is 3.52. The monoisotopic (exact) mass is 400 g/mol. The number of benzene rings is 1. The molecule has 3 heterocycles. The van der Waals surface area contributed by atoms with Crippen LogP contribution in [0.5, 0.6) is 0 Å². The number of aromatic nitrogens is 4. The third kappa shape index (κ3) is 4.35. The van der Waals surface area contributed by atoms with E-state index >= 15 is 0 Å². The standard InChI is InChI=1S/C19H24N6S2/c1-15-9-16(2)11-18(10-15)25-19(26)24(20-21-25)14-23-6-4-22(5-7-23)12-17-3-8-27-13-17/h3,8-11,13H,4-7,12,14H2,1-2H3. The van der Waals surface area contributed by atoms with E-state index in [2.05, 4.69) is 69.1 Å². The number of tetrazole rings is 1. The van der Waals surface area contributed by atoms with Gasteiger partial charge < -0.3 is 0 Å². The van der Waals surface area contributed by atoms with Gasteiger partial charge in [-0.25, -0.2) is 4.68 Å². The number of aryl methyl sites for hydroxylation is 2. The van der Waals surface area contributed by atoms with Gasteiger partial charge in [-0.15, -0.1) is 0 Å². The molecule has 1 saturated heterocycles. The summed E-state index contributed by atoms with van der Waals surface area (Å²) in [5.41, 5.74) is 4.78. The average Bonchev–Trinajstić information content (AvgIpc) is 3.26. The third-order valence-electron chi connectivity index (χ3n) is 4.88. The molecule has 0 bridgehead atoms. The number of rotatable bonds is 5. The molecule has 1 fully saturated rings. The molecule has 142 valence electrons. The smallest absolute Gasteiger partial charge is 0.221 e. The van der Waals surface area contributed by atoms with Crippen molar-refractivity contribution in [3.05, 3.63) is 56.5 Å². The van der Waals surface area contributed by atoms with E-state index in [9.17, 15) is 0 Å². The van der Waals surface area contributed by atoms with Crippen molar-refractivity contribution in [2.75, 3.05) is 26.2 Å². The van der Waals surface area contributed by atoms with Crippen LogP contribution in [0.3, 0.4) is 0 Å². The largest absolute Gasteiger partial charge is 0.297 e. The van der Waals surface area contributed by atoms with Gasteiger partial charge in [0.2, 0.25) is 4.77 Å². The Balaban J connectivity index is 1.39. The molecule has 0 amide bonds. The summed E-state index contributed by atoms with van der Waals surface area (Å²) in [5.74, 6) is 0. The molecule has 0 aliphatic carbocycles. The maximum atomic E-state index is 5.63. The molecule has 27 heavy (non-hydrogen) atoms. The lowest BCUT2D eigenvalue weighted by atomic mass is 10.1. The SMILES string of the molecule is Cc1cc(C)cc(-n2nnn(CN3CCN(Cc4ccsc4)CC3)c2=S)c1. The minimum absolute atomic E-state index is 0.640. The van der Waals surface area contributed by atoms with Gasteiger partial charge in [-0.3, -0.25) is 9.80 Å². The predicted molar refractivity (Wildman–Crippen MR) is 111 cm³/mol. The summed E-state index contributed by atoms with van der Waals surface area (Å²) in [6.07, 6.45) is 0. The molecular weight excluding hydrogens is 376 g/mol. The molecule has 0 saturated carbocycles. The molecule has 0 unspecified atom stereocenters. The lowest BCUT2D eigenvalue weighted by molar-refractivity contribution is 0.0976. The fraction of sp³-hybridized carbons (Fsp3) is 0.421. The van der Waals surface area contributed by atoms with Gasteiger partial charge in [0.1, 0.15) is 0 Å². The first-order valence-electron chi connectivity index (χ1n) is 9.16. The first-order chi connectivity index (χ1) is 13.1. The van der Waals surface area contributed by atoms with Crippen LogP contribution < -0.4 is 0 Å². The Kier molecular flexibility index (Phi) is 5.49. The molecule has 1 aliphatic heterocycles. The molecule has 3 aromatic rings. The Labute approximate surface area is 168 Å². The normalized spacial score (nSPS) is 16.1. The number of hydrogen-bond donors (Lipinski definition) is 0. The van der Waals surface area contributed by atoms with Gasteiger partial charge in [-0.1, -0.05) is 6.07 Å². The van der Waals surface area contributed by atoms with E-state index in [1.54, 1.807) is 16.0 Å². The number of piperazine rings is 1. The summed E-state index contributed by atoms with van der Waals surface area (Å²) in [7, 11) is 0. The Bertz CT molecular complexity index is 931. The number of nitrogens with zero attached hydrogens (tertiary/aromatic N) is 6. The summed E-state index contributed by atoms with van der Waals surface area (Å²) < 4.78 is 4.21. The minimum atomic E-state index is 0.640. The van der Waals surface area contributed by atoms with E-state index in [0.717, 1.165) is 38.4 Å². The molecule has 8 heteroatoms. The van der Waals surface area contributed by atoms with Crippen LogP contribution >= 0.6 is 23.6 Å². The highest BCUT2D eigenvalue weighted by Crippen LogP contribution is 2.14. The van der Waals surface area contributed by atoms with Gasteiger partial charge in [0, 0.05) is 32.7 Å². The van der Waals surface area contributed by atoms with Gasteiger partial charge >= 0.3 is 0 Å². The topological polar surface area (TPSA) is 42.1 Å². The second kappa shape index (κ2) is 8.02. The molecule has 0 radical (unpaired) electrons. The zero-order valence-corrected chi connectivity index (χ0v) is 17.3. The number of thiophene rings is 1. The van der Waals surface area contributed by atoms with Crippen LogP contribution in [0.1, 0.15) is 16.7 Å². The van der Waals surface area contributed by atoms with Crippen LogP contribution in [0.25, 0.3) is 5.69 Å². The highest BCUT2D eigenvalue weighted by molar-refractivity contribution is 7.71. The van der Waals surface area contributed by atoms with Crippen molar-refractivity contribution >= 4 is 23.6 Å². The second-order valence-corrected chi connectivity index (χ2v) is 8.33. The third-order valence-corrected chi connectivity index (χ3v) is 5.99. The van der Waals surface area contributed by atoms with Crippen molar-refractivity contribution in [2.24, 2.45) is 0 Å². The highest BCUT2D eigenvalue weighted by atomic mass is 32.1. The summed E-state index contributed by atoms with van der Waals surface area (Å²) in [5, 5.41) is 13.0. The highest BCUT2D eigenvalue weighted by Gasteiger charge is 2.18. The van der Waals surface area contributed by atoms with Crippen molar-refractivity contribution in [2.45, 2.75) is 27.1 Å². The molecule has 0 spiro atoms. The molecule has 2 aromatic heterocycles. The van der Waals surface area contributed by atoms with Crippen molar-refractivity contribution in [1.29, 1.82) is 0 Å². The summed E-state index contributed by atoms with van der Waals surface area (Å²) in [4.78, 5) is 4.89. The zero-order chi connectivity index (χ0) is 18.8. The van der Waals surface area contributed by atoms with Gasteiger partial charge in [0.05, 0.1) is 12.4 Å². The van der Waals surface area contributed by atoms with Crippen molar-refractivity contribution in [1.82, 2.24) is 29.6 Å². The van der Waals surface area contributed by atoms with Crippen LogP contribution in [-0.4, -0.2) is 55.8 Å². The molecule has 4 rings (SSSR count). The first kappa shape index (κ1) is 18.5. The Morgan fingerprint density at radius 2 is 1.70 bits per heavy atom. The van der Waals surface area contributed by atoms with Crippen LogP contribution in [-0.2, 0) is 13.2 Å². The van der Waals surface area contributed by atoms with E-state index in [-0.39, 0.29) is 0 Å². The molecule has 6 nitrogen and oxygen atoms in total. The second-order valence-electron chi connectivity index (χ2n) is 7.19. The van der Waals surface area contributed by atoms with Gasteiger partial charge in [-0.2, -0.15) is 16.0 Å². The van der Waals surface area contributed by atoms with E-state index in [4.69, 9.17) is 12.2 Å². The van der Waals surface area contributed by atoms with Crippen LogP contribution in [0.15, 0.2) is 35.0 Å². The molecule has 0 N–H and O–H groups in total. The van der Waals surface area contributed by atoms with Gasteiger partial charge in [0.15, 0.2) is 0 Å². The fourth-order valence-corrected chi connectivity index (χ4v) is 4.41. The zero-order valence-electron chi connectivity index (χ0n) is 15.7. The molecule has 1 aromatic carbocycles. The summed E-state index contributed by atoms with van der Waals surface area (Å²) >= 11 is 7.39.